The summed E-state index contributed by atoms with van der Waals surface area (Å²) < 4.78 is 11.5. The number of ether oxygens (including phenoxy) is 2. The number of Topliss-reactive ketones (excluding diaryl/α,β-unsaturated/α-hetero) is 1. The fourth-order valence-electron chi connectivity index (χ4n) is 5.47. The highest BCUT2D eigenvalue weighted by atomic mass is 16.5. The average molecular weight is 536 g/mol. The zero-order chi connectivity index (χ0) is 27.2. The summed E-state index contributed by atoms with van der Waals surface area (Å²) in [7, 11) is 0. The molecule has 2 saturated heterocycles. The van der Waals surface area contributed by atoms with Gasteiger partial charge in [-0.15, -0.1) is 0 Å². The first-order valence-electron chi connectivity index (χ1n) is 14.1. The normalized spacial score (nSPS) is 21.2. The van der Waals surface area contributed by atoms with Crippen LogP contribution in [0.2, 0.25) is 0 Å². The van der Waals surface area contributed by atoms with E-state index in [1.54, 1.807) is 0 Å². The predicted octanol–water partition coefficient (Wildman–Crippen LogP) is 2.40. The second-order valence-electron chi connectivity index (χ2n) is 10.9. The maximum Gasteiger partial charge on any atom is 0.224 e. The number of H-pyrrole nitrogens is 1. The second-order valence-corrected chi connectivity index (χ2v) is 10.9. The van der Waals surface area contributed by atoms with Crippen LogP contribution >= 0.6 is 0 Å². The van der Waals surface area contributed by atoms with E-state index in [4.69, 9.17) is 9.47 Å². The van der Waals surface area contributed by atoms with Crippen molar-refractivity contribution in [2.45, 2.75) is 44.6 Å². The molecule has 0 radical (unpaired) electrons. The summed E-state index contributed by atoms with van der Waals surface area (Å²) in [4.78, 5) is 44.0. The summed E-state index contributed by atoms with van der Waals surface area (Å²) in [5, 5.41) is 16.0. The Morgan fingerprint density at radius 1 is 1.21 bits per heavy atom. The summed E-state index contributed by atoms with van der Waals surface area (Å²) in [6.45, 7) is 5.23. The lowest BCUT2D eigenvalue weighted by molar-refractivity contribution is -0.127. The number of hydrogen-bond donors (Lipinski definition) is 3. The number of amides is 2. The number of nitrogens with zero attached hydrogens (tertiary/aromatic N) is 2. The third-order valence-electron chi connectivity index (χ3n) is 7.97. The molecule has 2 aromatic rings. The van der Waals surface area contributed by atoms with Crippen LogP contribution in [0, 0.1) is 29.1 Å². The molecule has 0 bridgehead atoms. The van der Waals surface area contributed by atoms with Crippen LogP contribution in [-0.4, -0.2) is 79.5 Å². The summed E-state index contributed by atoms with van der Waals surface area (Å²) >= 11 is 0. The number of carbonyl (C=O) groups is 3. The summed E-state index contributed by atoms with van der Waals surface area (Å²) in [5.41, 5.74) is 1.26. The van der Waals surface area contributed by atoms with Crippen LogP contribution < -0.4 is 15.4 Å². The van der Waals surface area contributed by atoms with Crippen molar-refractivity contribution in [3.63, 3.8) is 0 Å². The zero-order valence-electron chi connectivity index (χ0n) is 22.2. The lowest BCUT2D eigenvalue weighted by atomic mass is 9.93. The molecule has 3 N–H and O–H groups in total. The third-order valence-corrected chi connectivity index (χ3v) is 7.97. The number of morpholine rings is 1. The number of rotatable bonds is 13. The molecule has 208 valence electrons. The Labute approximate surface area is 228 Å². The van der Waals surface area contributed by atoms with Crippen molar-refractivity contribution in [1.29, 1.82) is 5.26 Å². The number of nitriles is 1. The Bertz CT molecular complexity index is 1230. The van der Waals surface area contributed by atoms with Crippen molar-refractivity contribution in [2.24, 2.45) is 17.8 Å². The maximum atomic E-state index is 13.4. The van der Waals surface area contributed by atoms with Gasteiger partial charge in [0.25, 0.3) is 0 Å². The molecule has 10 nitrogen and oxygen atoms in total. The van der Waals surface area contributed by atoms with Crippen molar-refractivity contribution in [2.75, 3.05) is 46.0 Å². The summed E-state index contributed by atoms with van der Waals surface area (Å²) in [6, 6.07) is 8.89. The number of carbonyl (C=O) groups excluding carboxylic acids is 3. The first-order chi connectivity index (χ1) is 19.0. The Morgan fingerprint density at radius 3 is 2.74 bits per heavy atom. The highest BCUT2D eigenvalue weighted by Gasteiger charge is 2.34. The number of ketones is 1. The number of aromatic nitrogens is 1. The minimum atomic E-state index is -0.756. The Morgan fingerprint density at radius 2 is 2.03 bits per heavy atom. The molecule has 3 aliphatic rings. The van der Waals surface area contributed by atoms with Crippen molar-refractivity contribution < 1.29 is 23.9 Å². The molecule has 2 aliphatic heterocycles. The van der Waals surface area contributed by atoms with Crippen LogP contribution in [0.15, 0.2) is 24.3 Å². The van der Waals surface area contributed by atoms with E-state index >= 15 is 0 Å². The second kappa shape index (κ2) is 12.6. The average Bonchev–Trinajstić information content (AvgIpc) is 3.50. The van der Waals surface area contributed by atoms with Gasteiger partial charge >= 0.3 is 0 Å². The van der Waals surface area contributed by atoms with Gasteiger partial charge in [0, 0.05) is 55.3 Å². The SMILES string of the molecule is N#C[C@H](C[C@@H]1CCNC1=O)NC(=O)[C@@H](CC(=O)c1cc2c(OCCN3CCOCC3)cccc2[nH]1)CC1CC1. The number of aromatic amines is 1. The predicted molar refractivity (Wildman–Crippen MR) is 144 cm³/mol. The Kier molecular flexibility index (Phi) is 8.79. The van der Waals surface area contributed by atoms with Gasteiger partial charge in [0.05, 0.1) is 25.0 Å². The standard InChI is InChI=1S/C29H37N5O5/c30-18-22(15-20-6-7-31-28(20)36)32-29(37)21(14-19-4-5-19)16-26(35)25-17-23-24(33-25)2-1-3-27(23)39-13-10-34-8-11-38-12-9-34/h1-3,17,19-22,33H,4-16H2,(H,31,36)(H,32,37)/t20-,21+,22-/m0/s1. The molecule has 2 amide bonds. The van der Waals surface area contributed by atoms with Gasteiger partial charge in [0.15, 0.2) is 5.78 Å². The van der Waals surface area contributed by atoms with E-state index < -0.39 is 12.0 Å². The fraction of sp³-hybridized carbons (Fsp3) is 0.586. The molecule has 1 aliphatic carbocycles. The molecule has 0 spiro atoms. The third kappa shape index (κ3) is 7.16. The van der Waals surface area contributed by atoms with Crippen LogP contribution in [0.5, 0.6) is 5.75 Å². The molecule has 5 rings (SSSR count). The van der Waals surface area contributed by atoms with Crippen molar-refractivity contribution in [3.8, 4) is 11.8 Å². The summed E-state index contributed by atoms with van der Waals surface area (Å²) in [5.74, 6) is -0.139. The number of fused-ring (bicyclic) bond motifs is 1. The minimum Gasteiger partial charge on any atom is -0.492 e. The fourth-order valence-corrected chi connectivity index (χ4v) is 5.47. The van der Waals surface area contributed by atoms with Gasteiger partial charge in [-0.05, 0) is 43.4 Å². The van der Waals surface area contributed by atoms with Crippen LogP contribution in [0.4, 0.5) is 0 Å². The van der Waals surface area contributed by atoms with Crippen LogP contribution in [0.3, 0.4) is 0 Å². The van der Waals surface area contributed by atoms with Gasteiger partial charge in [-0.25, -0.2) is 0 Å². The van der Waals surface area contributed by atoms with Gasteiger partial charge in [0.2, 0.25) is 11.8 Å². The van der Waals surface area contributed by atoms with Crippen LogP contribution in [-0.2, 0) is 14.3 Å². The quantitative estimate of drug-likeness (QED) is 0.335. The van der Waals surface area contributed by atoms with Crippen molar-refractivity contribution >= 4 is 28.5 Å². The van der Waals surface area contributed by atoms with E-state index in [-0.39, 0.29) is 36.4 Å². The maximum absolute atomic E-state index is 13.4. The number of benzene rings is 1. The van der Waals surface area contributed by atoms with E-state index in [0.717, 1.165) is 62.3 Å². The largest absolute Gasteiger partial charge is 0.492 e. The van der Waals surface area contributed by atoms with E-state index in [1.165, 1.54) is 0 Å². The van der Waals surface area contributed by atoms with Crippen LogP contribution in [0.25, 0.3) is 10.9 Å². The van der Waals surface area contributed by atoms with Crippen molar-refractivity contribution in [1.82, 2.24) is 20.5 Å². The molecule has 3 fully saturated rings. The van der Waals surface area contributed by atoms with Gasteiger partial charge < -0.3 is 25.1 Å². The Hall–Kier alpha value is -3.42. The van der Waals surface area contributed by atoms with Gasteiger partial charge in [-0.3, -0.25) is 19.3 Å². The topological polar surface area (TPSA) is 137 Å². The molecule has 39 heavy (non-hydrogen) atoms. The van der Waals surface area contributed by atoms with Crippen molar-refractivity contribution in [3.05, 3.63) is 30.0 Å². The molecular formula is C29H37N5O5. The smallest absolute Gasteiger partial charge is 0.224 e. The monoisotopic (exact) mass is 535 g/mol. The highest BCUT2D eigenvalue weighted by molar-refractivity contribution is 6.02. The van der Waals surface area contributed by atoms with Gasteiger partial charge in [0.1, 0.15) is 18.4 Å². The first-order valence-corrected chi connectivity index (χ1v) is 14.1. The molecule has 3 heterocycles. The zero-order valence-corrected chi connectivity index (χ0v) is 22.2. The van der Waals surface area contributed by atoms with Gasteiger partial charge in [-0.2, -0.15) is 5.26 Å². The summed E-state index contributed by atoms with van der Waals surface area (Å²) in [6.07, 6.45) is 3.74. The van der Waals surface area contributed by atoms with Crippen LogP contribution in [0.1, 0.15) is 49.0 Å². The van der Waals surface area contributed by atoms with E-state index in [9.17, 15) is 19.6 Å². The molecule has 0 unspecified atom stereocenters. The van der Waals surface area contributed by atoms with E-state index in [0.29, 0.717) is 37.6 Å². The number of hydrogen-bond acceptors (Lipinski definition) is 7. The minimum absolute atomic E-state index is 0.0600. The highest BCUT2D eigenvalue weighted by Crippen LogP contribution is 2.37. The van der Waals surface area contributed by atoms with E-state index in [1.807, 2.05) is 24.3 Å². The molecule has 1 aromatic carbocycles. The molecular weight excluding hydrogens is 498 g/mol. The molecule has 3 atom stereocenters. The lowest BCUT2D eigenvalue weighted by Crippen LogP contribution is -2.40. The molecule has 1 saturated carbocycles. The molecule has 10 heteroatoms. The lowest BCUT2D eigenvalue weighted by Gasteiger charge is -2.26. The van der Waals surface area contributed by atoms with Gasteiger partial charge in [-0.1, -0.05) is 18.9 Å². The van der Waals surface area contributed by atoms with E-state index in [2.05, 4.69) is 26.6 Å². The number of nitrogens with one attached hydrogen (secondary N) is 3. The first kappa shape index (κ1) is 27.2. The molecule has 1 aromatic heterocycles. The Balaban J connectivity index is 1.21.